The van der Waals surface area contributed by atoms with Gasteiger partial charge in [0.15, 0.2) is 0 Å². The van der Waals surface area contributed by atoms with Gasteiger partial charge in [-0.25, -0.2) is 0 Å². The quantitative estimate of drug-likeness (QED) is 0.640. The van der Waals surface area contributed by atoms with E-state index in [1.165, 1.54) is 6.20 Å². The molecule has 130 valence electrons. The number of nitrogens with zero attached hydrogens (tertiary/aromatic N) is 4. The number of aryl methyl sites for hydroxylation is 3. The summed E-state index contributed by atoms with van der Waals surface area (Å²) in [5.41, 5.74) is 1.87. The number of hydrogen-bond donors (Lipinski definition) is 3. The Kier molecular flexibility index (Phi) is 4.14. The first-order valence-electron chi connectivity index (χ1n) is 7.61. The molecule has 0 bridgehead atoms. The Hall–Kier alpha value is -3.36. The molecular weight excluding hydrogens is 324 g/mol. The van der Waals surface area contributed by atoms with Crippen molar-refractivity contribution in [2.75, 3.05) is 0 Å². The normalized spacial score (nSPS) is 10.8. The van der Waals surface area contributed by atoms with Crippen LogP contribution in [0.2, 0.25) is 0 Å². The maximum Gasteiger partial charge on any atom is 0.257 e. The number of carbonyl (C=O) groups is 1. The van der Waals surface area contributed by atoms with E-state index < -0.39 is 11.4 Å². The molecule has 0 aliphatic heterocycles. The van der Waals surface area contributed by atoms with Crippen LogP contribution in [0.5, 0.6) is 5.88 Å². The first kappa shape index (κ1) is 16.5. The van der Waals surface area contributed by atoms with Crippen molar-refractivity contribution in [1.29, 1.82) is 0 Å². The predicted octanol–water partition coefficient (Wildman–Crippen LogP) is 0.547. The minimum Gasteiger partial charge on any atom is -0.493 e. The number of nitrogens with one attached hydrogen (secondary N) is 2. The van der Waals surface area contributed by atoms with E-state index in [1.807, 2.05) is 30.5 Å². The molecule has 1 amide bonds. The van der Waals surface area contributed by atoms with Crippen molar-refractivity contribution < 1.29 is 9.90 Å². The Balaban J connectivity index is 1.88. The van der Waals surface area contributed by atoms with E-state index in [-0.39, 0.29) is 18.3 Å². The minimum absolute atomic E-state index is 0.0273. The lowest BCUT2D eigenvalue weighted by atomic mass is 10.3. The number of aromatic nitrogens is 5. The lowest BCUT2D eigenvalue weighted by Gasteiger charge is -2.12. The summed E-state index contributed by atoms with van der Waals surface area (Å²) in [6.45, 7) is 3.87. The summed E-state index contributed by atoms with van der Waals surface area (Å²) in [5, 5.41) is 16.2. The average Bonchev–Trinajstić information content (AvgIpc) is 3.06. The summed E-state index contributed by atoms with van der Waals surface area (Å²) >= 11 is 0. The molecule has 0 spiro atoms. The van der Waals surface area contributed by atoms with Gasteiger partial charge in [0.05, 0.1) is 18.8 Å². The van der Waals surface area contributed by atoms with E-state index in [0.717, 1.165) is 17.5 Å². The highest BCUT2D eigenvalue weighted by atomic mass is 16.3. The van der Waals surface area contributed by atoms with Gasteiger partial charge in [-0.1, -0.05) is 0 Å². The lowest BCUT2D eigenvalue weighted by molar-refractivity contribution is 0.0949. The molecule has 0 radical (unpaired) electrons. The molecule has 0 aliphatic rings. The third kappa shape index (κ3) is 3.16. The zero-order chi connectivity index (χ0) is 18.1. The van der Waals surface area contributed by atoms with Gasteiger partial charge < -0.3 is 20.0 Å². The molecule has 3 aromatic rings. The van der Waals surface area contributed by atoms with Crippen LogP contribution in [0.3, 0.4) is 0 Å². The molecule has 0 unspecified atom stereocenters. The molecule has 25 heavy (non-hydrogen) atoms. The van der Waals surface area contributed by atoms with Crippen LogP contribution in [0.15, 0.2) is 29.2 Å². The predicted molar refractivity (Wildman–Crippen MR) is 89.7 cm³/mol. The van der Waals surface area contributed by atoms with Gasteiger partial charge in [-0.3, -0.25) is 14.3 Å². The smallest absolute Gasteiger partial charge is 0.257 e. The monoisotopic (exact) mass is 342 g/mol. The lowest BCUT2D eigenvalue weighted by Crippen LogP contribution is -2.26. The zero-order valence-electron chi connectivity index (χ0n) is 14.1. The summed E-state index contributed by atoms with van der Waals surface area (Å²) in [5.74, 6) is 0.0576. The van der Waals surface area contributed by atoms with Crippen LogP contribution >= 0.6 is 0 Å². The van der Waals surface area contributed by atoms with Crippen molar-refractivity contribution in [3.63, 3.8) is 0 Å². The van der Waals surface area contributed by atoms with Gasteiger partial charge in [0, 0.05) is 18.4 Å². The Morgan fingerprint density at radius 2 is 2.00 bits per heavy atom. The maximum atomic E-state index is 12.6. The maximum absolute atomic E-state index is 12.6. The van der Waals surface area contributed by atoms with Gasteiger partial charge in [-0.05, 0) is 26.0 Å². The van der Waals surface area contributed by atoms with Crippen molar-refractivity contribution in [3.8, 4) is 11.7 Å². The Morgan fingerprint density at radius 3 is 2.64 bits per heavy atom. The first-order chi connectivity index (χ1) is 11.9. The van der Waals surface area contributed by atoms with Crippen LogP contribution in [0.25, 0.3) is 5.82 Å². The van der Waals surface area contributed by atoms with Gasteiger partial charge in [0.2, 0.25) is 5.88 Å². The highest BCUT2D eigenvalue weighted by molar-refractivity contribution is 5.97. The van der Waals surface area contributed by atoms with Crippen molar-refractivity contribution in [3.05, 3.63) is 57.5 Å². The minimum atomic E-state index is -0.489. The molecule has 0 aliphatic carbocycles. The van der Waals surface area contributed by atoms with Crippen LogP contribution in [-0.2, 0) is 13.6 Å². The van der Waals surface area contributed by atoms with Crippen LogP contribution < -0.4 is 10.9 Å². The average molecular weight is 342 g/mol. The first-order valence-corrected chi connectivity index (χ1v) is 7.61. The van der Waals surface area contributed by atoms with Crippen LogP contribution in [0, 0.1) is 13.8 Å². The molecule has 0 fully saturated rings. The fourth-order valence-electron chi connectivity index (χ4n) is 2.70. The largest absolute Gasteiger partial charge is 0.493 e. The fourth-order valence-corrected chi connectivity index (χ4v) is 2.70. The molecule has 3 N–H and O–H groups in total. The van der Waals surface area contributed by atoms with E-state index in [4.69, 9.17) is 0 Å². The molecular formula is C16H18N6O3. The third-order valence-electron chi connectivity index (χ3n) is 3.83. The molecule has 0 atom stereocenters. The molecule has 3 heterocycles. The second-order valence-corrected chi connectivity index (χ2v) is 5.69. The van der Waals surface area contributed by atoms with Crippen LogP contribution in [-0.4, -0.2) is 35.3 Å². The van der Waals surface area contributed by atoms with Crippen molar-refractivity contribution in [2.24, 2.45) is 7.05 Å². The number of hydrogen-bond acceptors (Lipinski definition) is 5. The Labute approximate surface area is 143 Å². The number of carbonyl (C=O) groups excluding carboxylic acids is 1. The molecule has 0 saturated heterocycles. The molecule has 3 aromatic heterocycles. The Morgan fingerprint density at radius 1 is 1.32 bits per heavy atom. The summed E-state index contributed by atoms with van der Waals surface area (Å²) in [6, 6.07) is 4.89. The zero-order valence-corrected chi connectivity index (χ0v) is 14.1. The van der Waals surface area contributed by atoms with E-state index in [0.29, 0.717) is 11.4 Å². The number of H-pyrrole nitrogens is 1. The summed E-state index contributed by atoms with van der Waals surface area (Å²) < 4.78 is 3.57. The number of aromatic amines is 1. The standard InChI is InChI=1S/C16H18N6O3/c1-9-4-5-10(2)22(9)16-11(7-18-21(16)3)15(25)17-8-12-19-13(23)6-14(24)20-12/h4-7H,8H2,1-3H3,(H,17,25)(H2,19,20,23,24). The van der Waals surface area contributed by atoms with Crippen molar-refractivity contribution in [2.45, 2.75) is 20.4 Å². The molecule has 0 aromatic carbocycles. The summed E-state index contributed by atoms with van der Waals surface area (Å²) in [7, 11) is 1.76. The highest BCUT2D eigenvalue weighted by Gasteiger charge is 2.19. The molecule has 0 saturated carbocycles. The van der Waals surface area contributed by atoms with E-state index >= 15 is 0 Å². The topological polar surface area (TPSA) is 118 Å². The summed E-state index contributed by atoms with van der Waals surface area (Å²) in [6.07, 6.45) is 1.49. The number of aromatic hydroxyl groups is 1. The fraction of sp³-hybridized carbons (Fsp3) is 0.250. The van der Waals surface area contributed by atoms with E-state index in [1.54, 1.807) is 11.7 Å². The van der Waals surface area contributed by atoms with Gasteiger partial charge in [0.25, 0.3) is 11.5 Å². The van der Waals surface area contributed by atoms with Crippen LogP contribution in [0.1, 0.15) is 27.6 Å². The van der Waals surface area contributed by atoms with Gasteiger partial charge in [0.1, 0.15) is 17.2 Å². The van der Waals surface area contributed by atoms with Gasteiger partial charge >= 0.3 is 0 Å². The van der Waals surface area contributed by atoms with Crippen molar-refractivity contribution >= 4 is 5.91 Å². The summed E-state index contributed by atoms with van der Waals surface area (Å²) in [4.78, 5) is 30.1. The highest BCUT2D eigenvalue weighted by Crippen LogP contribution is 2.19. The number of amides is 1. The number of rotatable bonds is 4. The molecule has 9 heteroatoms. The molecule has 9 nitrogen and oxygen atoms in total. The Bertz CT molecular complexity index is 978. The SMILES string of the molecule is Cc1ccc(C)n1-c1c(C(=O)NCc2nc(O)cc(=O)[nH]2)cnn1C. The van der Waals surface area contributed by atoms with Gasteiger partial charge in [-0.15, -0.1) is 0 Å². The second-order valence-electron chi connectivity index (χ2n) is 5.69. The third-order valence-corrected chi connectivity index (χ3v) is 3.83. The second kappa shape index (κ2) is 6.27. The van der Waals surface area contributed by atoms with Crippen molar-refractivity contribution in [1.82, 2.24) is 29.6 Å². The molecule has 3 rings (SSSR count). The van der Waals surface area contributed by atoms with E-state index in [9.17, 15) is 14.7 Å². The van der Waals surface area contributed by atoms with Crippen LogP contribution in [0.4, 0.5) is 0 Å². The van der Waals surface area contributed by atoms with Gasteiger partial charge in [-0.2, -0.15) is 10.1 Å². The van der Waals surface area contributed by atoms with E-state index in [2.05, 4.69) is 20.4 Å².